The summed E-state index contributed by atoms with van der Waals surface area (Å²) in [6.45, 7) is 0. The van der Waals surface area contributed by atoms with Crippen LogP contribution in [0.3, 0.4) is 0 Å². The predicted molar refractivity (Wildman–Crippen MR) is 97.5 cm³/mol. The van der Waals surface area contributed by atoms with E-state index in [4.69, 9.17) is 14.2 Å². The molecular formula is C20H21NO5. The fourth-order valence-corrected chi connectivity index (χ4v) is 2.71. The molecule has 1 fully saturated rings. The molecule has 1 saturated carbocycles. The Morgan fingerprint density at radius 2 is 1.46 bits per heavy atom. The summed E-state index contributed by atoms with van der Waals surface area (Å²) in [4.78, 5) is 24.6. The zero-order valence-corrected chi connectivity index (χ0v) is 15.0. The first kappa shape index (κ1) is 17.8. The topological polar surface area (TPSA) is 73.9 Å². The minimum atomic E-state index is -0.314. The second-order valence-corrected chi connectivity index (χ2v) is 6.08. The summed E-state index contributed by atoms with van der Waals surface area (Å²) in [5.41, 5.74) is 1.66. The Hall–Kier alpha value is -3.02. The summed E-state index contributed by atoms with van der Waals surface area (Å²) in [5.74, 6) is 1.27. The minimum absolute atomic E-state index is 0.174. The molecule has 6 heteroatoms. The Bertz CT molecular complexity index is 800. The summed E-state index contributed by atoms with van der Waals surface area (Å²) in [7, 11) is 4.49. The van der Waals surface area contributed by atoms with Gasteiger partial charge in [0.05, 0.1) is 21.3 Å². The Balaban J connectivity index is 1.78. The lowest BCUT2D eigenvalue weighted by molar-refractivity contribution is 0.0967. The van der Waals surface area contributed by atoms with Gasteiger partial charge in [-0.05, 0) is 49.2 Å². The molecule has 0 atom stereocenters. The van der Waals surface area contributed by atoms with E-state index in [0.717, 1.165) is 12.8 Å². The van der Waals surface area contributed by atoms with Crippen molar-refractivity contribution in [2.75, 3.05) is 26.6 Å². The van der Waals surface area contributed by atoms with Crippen molar-refractivity contribution in [3.8, 4) is 17.2 Å². The Kier molecular flexibility index (Phi) is 5.11. The van der Waals surface area contributed by atoms with Gasteiger partial charge in [-0.1, -0.05) is 0 Å². The maximum atomic E-state index is 12.6. The number of carbonyl (C=O) groups is 2. The highest BCUT2D eigenvalue weighted by molar-refractivity contribution is 6.05. The lowest BCUT2D eigenvalue weighted by Crippen LogP contribution is -2.13. The average Bonchev–Trinajstić information content (AvgIpc) is 3.52. The van der Waals surface area contributed by atoms with Gasteiger partial charge in [-0.25, -0.2) is 0 Å². The molecule has 1 N–H and O–H groups in total. The summed E-state index contributed by atoms with van der Waals surface area (Å²) in [5, 5.41) is 2.81. The van der Waals surface area contributed by atoms with E-state index < -0.39 is 0 Å². The fraction of sp³-hybridized carbons (Fsp3) is 0.300. The molecule has 0 aromatic heterocycles. The number of Topliss-reactive ketones (excluding diaryl/α,β-unsaturated/α-hetero) is 1. The van der Waals surface area contributed by atoms with Crippen molar-refractivity contribution in [1.29, 1.82) is 0 Å². The molecule has 26 heavy (non-hydrogen) atoms. The summed E-state index contributed by atoms with van der Waals surface area (Å²) in [6, 6.07) is 10.1. The van der Waals surface area contributed by atoms with E-state index in [1.54, 1.807) is 36.4 Å². The van der Waals surface area contributed by atoms with Gasteiger partial charge in [0, 0.05) is 22.7 Å². The third-order valence-electron chi connectivity index (χ3n) is 4.30. The molecular weight excluding hydrogens is 334 g/mol. The molecule has 1 aliphatic rings. The highest BCUT2D eigenvalue weighted by atomic mass is 16.5. The van der Waals surface area contributed by atoms with Crippen LogP contribution in [0.5, 0.6) is 17.2 Å². The number of benzene rings is 2. The molecule has 0 saturated heterocycles. The number of ketones is 1. The Morgan fingerprint density at radius 3 is 1.92 bits per heavy atom. The molecule has 1 amide bonds. The van der Waals surface area contributed by atoms with Gasteiger partial charge in [0.2, 0.25) is 5.75 Å². The number of rotatable bonds is 7. The van der Waals surface area contributed by atoms with E-state index in [-0.39, 0.29) is 17.6 Å². The largest absolute Gasteiger partial charge is 0.493 e. The second kappa shape index (κ2) is 7.47. The number of amides is 1. The van der Waals surface area contributed by atoms with Crippen LogP contribution in [0.2, 0.25) is 0 Å². The molecule has 6 nitrogen and oxygen atoms in total. The summed E-state index contributed by atoms with van der Waals surface area (Å²) in [6.07, 6.45) is 1.94. The number of carbonyl (C=O) groups excluding carboxylic acids is 2. The Labute approximate surface area is 152 Å². The maximum Gasteiger partial charge on any atom is 0.255 e. The summed E-state index contributed by atoms with van der Waals surface area (Å²) >= 11 is 0. The van der Waals surface area contributed by atoms with Crippen LogP contribution in [0.15, 0.2) is 36.4 Å². The molecule has 0 spiro atoms. The molecule has 0 unspecified atom stereocenters. The molecule has 1 aliphatic carbocycles. The quantitative estimate of drug-likeness (QED) is 0.769. The summed E-state index contributed by atoms with van der Waals surface area (Å²) < 4.78 is 15.8. The van der Waals surface area contributed by atoms with Crippen molar-refractivity contribution < 1.29 is 23.8 Å². The van der Waals surface area contributed by atoms with Crippen molar-refractivity contribution in [3.05, 3.63) is 47.5 Å². The van der Waals surface area contributed by atoms with Crippen LogP contribution in [0.4, 0.5) is 5.69 Å². The van der Waals surface area contributed by atoms with Crippen molar-refractivity contribution in [2.24, 2.45) is 5.92 Å². The first-order valence-electron chi connectivity index (χ1n) is 8.33. The van der Waals surface area contributed by atoms with Gasteiger partial charge >= 0.3 is 0 Å². The van der Waals surface area contributed by atoms with E-state index >= 15 is 0 Å². The van der Waals surface area contributed by atoms with Gasteiger partial charge in [-0.2, -0.15) is 0 Å². The SMILES string of the molecule is COc1cc(C(=O)Nc2ccc(C(=O)C3CC3)cc2)cc(OC)c1OC. The number of hydrogen-bond donors (Lipinski definition) is 1. The molecule has 3 rings (SSSR count). The number of ether oxygens (including phenoxy) is 3. The van der Waals surface area contributed by atoms with Crippen LogP contribution in [0, 0.1) is 5.92 Å². The standard InChI is InChI=1S/C20H21NO5/c1-24-16-10-14(11-17(25-2)19(16)26-3)20(23)21-15-8-6-13(7-9-15)18(22)12-4-5-12/h6-12H,4-5H2,1-3H3,(H,21,23). The number of methoxy groups -OCH3 is 3. The molecule has 136 valence electrons. The van der Waals surface area contributed by atoms with Crippen LogP contribution in [-0.2, 0) is 0 Å². The van der Waals surface area contributed by atoms with Crippen LogP contribution in [-0.4, -0.2) is 33.0 Å². The fourth-order valence-electron chi connectivity index (χ4n) is 2.71. The van der Waals surface area contributed by atoms with Crippen molar-refractivity contribution in [2.45, 2.75) is 12.8 Å². The molecule has 0 bridgehead atoms. The van der Waals surface area contributed by atoms with Crippen molar-refractivity contribution in [3.63, 3.8) is 0 Å². The highest BCUT2D eigenvalue weighted by Gasteiger charge is 2.30. The number of anilines is 1. The third kappa shape index (κ3) is 3.64. The number of nitrogens with one attached hydrogen (secondary N) is 1. The van der Waals surface area contributed by atoms with Crippen molar-refractivity contribution in [1.82, 2.24) is 0 Å². The van der Waals surface area contributed by atoms with E-state index in [1.165, 1.54) is 21.3 Å². The maximum absolute atomic E-state index is 12.6. The zero-order chi connectivity index (χ0) is 18.7. The van der Waals surface area contributed by atoms with E-state index in [0.29, 0.717) is 34.1 Å². The zero-order valence-electron chi connectivity index (χ0n) is 15.0. The third-order valence-corrected chi connectivity index (χ3v) is 4.30. The predicted octanol–water partition coefficient (Wildman–Crippen LogP) is 3.56. The molecule has 2 aromatic carbocycles. The Morgan fingerprint density at radius 1 is 0.885 bits per heavy atom. The van der Waals surface area contributed by atoms with Crippen LogP contribution < -0.4 is 19.5 Å². The van der Waals surface area contributed by atoms with Gasteiger partial charge in [0.25, 0.3) is 5.91 Å². The van der Waals surface area contributed by atoms with E-state index in [2.05, 4.69) is 5.32 Å². The van der Waals surface area contributed by atoms with E-state index in [1.807, 2.05) is 0 Å². The van der Waals surface area contributed by atoms with Gasteiger partial charge in [-0.15, -0.1) is 0 Å². The normalized spacial score (nSPS) is 13.0. The monoisotopic (exact) mass is 355 g/mol. The van der Waals surface area contributed by atoms with Gasteiger partial charge in [0.15, 0.2) is 17.3 Å². The highest BCUT2D eigenvalue weighted by Crippen LogP contribution is 2.38. The molecule has 0 radical (unpaired) electrons. The lowest BCUT2D eigenvalue weighted by atomic mass is 10.1. The molecule has 2 aromatic rings. The molecule has 0 heterocycles. The lowest BCUT2D eigenvalue weighted by Gasteiger charge is -2.14. The van der Waals surface area contributed by atoms with E-state index in [9.17, 15) is 9.59 Å². The average molecular weight is 355 g/mol. The van der Waals surface area contributed by atoms with Gasteiger partial charge in [-0.3, -0.25) is 9.59 Å². The van der Waals surface area contributed by atoms with Gasteiger partial charge in [0.1, 0.15) is 0 Å². The second-order valence-electron chi connectivity index (χ2n) is 6.08. The number of hydrogen-bond acceptors (Lipinski definition) is 5. The smallest absolute Gasteiger partial charge is 0.255 e. The first-order valence-corrected chi connectivity index (χ1v) is 8.33. The van der Waals surface area contributed by atoms with Crippen LogP contribution in [0.1, 0.15) is 33.6 Å². The molecule has 0 aliphatic heterocycles. The van der Waals surface area contributed by atoms with Crippen molar-refractivity contribution >= 4 is 17.4 Å². The van der Waals surface area contributed by atoms with Crippen LogP contribution in [0.25, 0.3) is 0 Å². The van der Waals surface area contributed by atoms with Crippen LogP contribution >= 0.6 is 0 Å². The first-order chi connectivity index (χ1) is 12.6. The minimum Gasteiger partial charge on any atom is -0.493 e. The van der Waals surface area contributed by atoms with Gasteiger partial charge < -0.3 is 19.5 Å².